The molecule has 1 N–H and O–H groups in total. The highest BCUT2D eigenvalue weighted by Gasteiger charge is 2.00. The van der Waals surface area contributed by atoms with Crippen LogP contribution in [0, 0.1) is 0 Å². The largest absolute Gasteiger partial charge is 0.455 e. The number of nitrogens with zero attached hydrogens (tertiary/aromatic N) is 1. The van der Waals surface area contributed by atoms with Crippen molar-refractivity contribution in [3.63, 3.8) is 0 Å². The summed E-state index contributed by atoms with van der Waals surface area (Å²) in [5.41, 5.74) is -0.284. The van der Waals surface area contributed by atoms with Crippen LogP contribution in [0.3, 0.4) is 0 Å². The number of ether oxygens (including phenoxy) is 1. The molecule has 3 aromatic rings. The summed E-state index contributed by atoms with van der Waals surface area (Å²) in [6.45, 7) is 0. The van der Waals surface area contributed by atoms with Crippen LogP contribution in [0.2, 0.25) is 0 Å². The number of H-pyrrole nitrogens is 1. The Labute approximate surface area is 103 Å². The lowest BCUT2D eigenvalue weighted by Gasteiger charge is -2.05. The molecule has 2 aromatic carbocycles. The number of nitrogens with one attached hydrogen (secondary N) is 1. The maximum atomic E-state index is 11.1. The van der Waals surface area contributed by atoms with Gasteiger partial charge >= 0.3 is 0 Å². The van der Waals surface area contributed by atoms with Gasteiger partial charge in [-0.1, -0.05) is 30.3 Å². The van der Waals surface area contributed by atoms with Crippen LogP contribution in [0.25, 0.3) is 10.8 Å². The van der Waals surface area contributed by atoms with Gasteiger partial charge < -0.3 is 4.74 Å². The fourth-order valence-electron chi connectivity index (χ4n) is 1.78. The summed E-state index contributed by atoms with van der Waals surface area (Å²) in [6, 6.07) is 15.1. The Morgan fingerprint density at radius 3 is 2.61 bits per heavy atom. The highest BCUT2D eigenvalue weighted by molar-refractivity contribution is 5.83. The second-order valence-electron chi connectivity index (χ2n) is 3.89. The molecule has 0 saturated carbocycles. The number of rotatable bonds is 2. The lowest BCUT2D eigenvalue weighted by Crippen LogP contribution is -2.05. The van der Waals surface area contributed by atoms with Gasteiger partial charge in [-0.3, -0.25) is 4.79 Å². The molecule has 0 atom stereocenters. The van der Waals surface area contributed by atoms with Crippen molar-refractivity contribution < 1.29 is 4.74 Å². The third-order valence-electron chi connectivity index (χ3n) is 2.60. The van der Waals surface area contributed by atoms with Crippen LogP contribution in [0.4, 0.5) is 0 Å². The fourth-order valence-corrected chi connectivity index (χ4v) is 1.78. The summed E-state index contributed by atoms with van der Waals surface area (Å²) in [5.74, 6) is 1.11. The van der Waals surface area contributed by atoms with Crippen LogP contribution in [0.1, 0.15) is 0 Å². The average molecular weight is 238 g/mol. The van der Waals surface area contributed by atoms with Gasteiger partial charge in [-0.25, -0.2) is 5.10 Å². The standard InChI is InChI=1S/C14H10N2O2/c17-14-8-13(9-15-16-14)18-12-6-5-10-3-1-2-4-11(10)7-12/h1-9H,(H,16,17). The molecule has 0 spiro atoms. The molecule has 4 heteroatoms. The number of benzene rings is 2. The van der Waals surface area contributed by atoms with Gasteiger partial charge in [0, 0.05) is 6.07 Å². The molecule has 0 amide bonds. The number of aromatic amines is 1. The third kappa shape index (κ3) is 2.08. The van der Waals surface area contributed by atoms with E-state index in [1.54, 1.807) is 0 Å². The Morgan fingerprint density at radius 2 is 1.78 bits per heavy atom. The topological polar surface area (TPSA) is 55.0 Å². The summed E-state index contributed by atoms with van der Waals surface area (Å²) in [5, 5.41) is 8.22. The van der Waals surface area contributed by atoms with E-state index in [1.165, 1.54) is 12.3 Å². The SMILES string of the molecule is O=c1cc(Oc2ccc3ccccc3c2)cn[nH]1. The van der Waals surface area contributed by atoms with Gasteiger partial charge in [0.1, 0.15) is 5.75 Å². The monoisotopic (exact) mass is 238 g/mol. The van der Waals surface area contributed by atoms with Crippen molar-refractivity contribution in [1.29, 1.82) is 0 Å². The van der Waals surface area contributed by atoms with Gasteiger partial charge in [0.25, 0.3) is 5.56 Å². The van der Waals surface area contributed by atoms with Crippen molar-refractivity contribution in [3.05, 3.63) is 65.1 Å². The van der Waals surface area contributed by atoms with E-state index in [2.05, 4.69) is 10.2 Å². The fraction of sp³-hybridized carbons (Fsp3) is 0. The first-order chi connectivity index (χ1) is 8.81. The van der Waals surface area contributed by atoms with Crippen molar-refractivity contribution in [2.75, 3.05) is 0 Å². The minimum atomic E-state index is -0.284. The molecule has 18 heavy (non-hydrogen) atoms. The molecular weight excluding hydrogens is 228 g/mol. The Kier molecular flexibility index (Phi) is 2.53. The number of hydrogen-bond donors (Lipinski definition) is 1. The Bertz CT molecular complexity index is 750. The Hall–Kier alpha value is -2.62. The summed E-state index contributed by atoms with van der Waals surface area (Å²) in [6.07, 6.45) is 1.47. The highest BCUT2D eigenvalue weighted by atomic mass is 16.5. The van der Waals surface area contributed by atoms with Crippen LogP contribution < -0.4 is 10.3 Å². The maximum absolute atomic E-state index is 11.1. The minimum Gasteiger partial charge on any atom is -0.455 e. The Morgan fingerprint density at radius 1 is 0.944 bits per heavy atom. The first-order valence-electron chi connectivity index (χ1n) is 5.53. The maximum Gasteiger partial charge on any atom is 0.267 e. The molecule has 0 unspecified atom stereocenters. The van der Waals surface area contributed by atoms with Crippen LogP contribution in [-0.4, -0.2) is 10.2 Å². The minimum absolute atomic E-state index is 0.284. The van der Waals surface area contributed by atoms with Crippen LogP contribution in [0.15, 0.2) is 59.5 Å². The Balaban J connectivity index is 1.97. The van der Waals surface area contributed by atoms with E-state index in [-0.39, 0.29) is 5.56 Å². The zero-order valence-electron chi connectivity index (χ0n) is 9.46. The molecule has 0 bridgehead atoms. The quantitative estimate of drug-likeness (QED) is 0.746. The normalized spacial score (nSPS) is 10.4. The summed E-state index contributed by atoms with van der Waals surface area (Å²) in [7, 11) is 0. The number of aromatic nitrogens is 2. The number of fused-ring (bicyclic) bond motifs is 1. The van der Waals surface area contributed by atoms with Crippen LogP contribution >= 0.6 is 0 Å². The van der Waals surface area contributed by atoms with Crippen molar-refractivity contribution >= 4 is 10.8 Å². The first-order valence-corrected chi connectivity index (χ1v) is 5.53. The van der Waals surface area contributed by atoms with Gasteiger partial charge in [-0.15, -0.1) is 0 Å². The van der Waals surface area contributed by atoms with Gasteiger partial charge in [-0.2, -0.15) is 5.10 Å². The average Bonchev–Trinajstić information content (AvgIpc) is 2.39. The molecule has 0 aliphatic rings. The summed E-state index contributed by atoms with van der Waals surface area (Å²) < 4.78 is 5.58. The first kappa shape index (κ1) is 10.5. The van der Waals surface area contributed by atoms with E-state index in [0.717, 1.165) is 10.8 Å². The molecule has 0 saturated heterocycles. The smallest absolute Gasteiger partial charge is 0.267 e. The molecule has 0 aliphatic heterocycles. The van der Waals surface area contributed by atoms with E-state index in [1.807, 2.05) is 42.5 Å². The van der Waals surface area contributed by atoms with Crippen molar-refractivity contribution in [2.24, 2.45) is 0 Å². The van der Waals surface area contributed by atoms with Crippen LogP contribution in [-0.2, 0) is 0 Å². The van der Waals surface area contributed by atoms with Crippen molar-refractivity contribution in [2.45, 2.75) is 0 Å². The molecule has 0 fully saturated rings. The molecule has 1 aromatic heterocycles. The molecule has 1 heterocycles. The second kappa shape index (κ2) is 4.33. The van der Waals surface area contributed by atoms with E-state index >= 15 is 0 Å². The van der Waals surface area contributed by atoms with Gasteiger partial charge in [0.05, 0.1) is 6.20 Å². The summed E-state index contributed by atoms with van der Waals surface area (Å²) in [4.78, 5) is 11.1. The van der Waals surface area contributed by atoms with Gasteiger partial charge in [0.2, 0.25) is 0 Å². The van der Waals surface area contributed by atoms with Gasteiger partial charge in [0.15, 0.2) is 5.75 Å². The highest BCUT2D eigenvalue weighted by Crippen LogP contribution is 2.24. The molecule has 0 radical (unpaired) electrons. The molecular formula is C14H10N2O2. The molecule has 88 valence electrons. The van der Waals surface area contributed by atoms with E-state index in [4.69, 9.17) is 4.74 Å². The third-order valence-corrected chi connectivity index (χ3v) is 2.60. The molecule has 0 aliphatic carbocycles. The second-order valence-corrected chi connectivity index (χ2v) is 3.89. The lowest BCUT2D eigenvalue weighted by atomic mass is 10.1. The van der Waals surface area contributed by atoms with E-state index < -0.39 is 0 Å². The predicted octanol–water partition coefficient (Wildman–Crippen LogP) is 2.72. The van der Waals surface area contributed by atoms with Crippen molar-refractivity contribution in [3.8, 4) is 11.5 Å². The van der Waals surface area contributed by atoms with Crippen molar-refractivity contribution in [1.82, 2.24) is 10.2 Å². The predicted molar refractivity (Wildman–Crippen MR) is 68.9 cm³/mol. The van der Waals surface area contributed by atoms with Gasteiger partial charge in [-0.05, 0) is 22.9 Å². The van der Waals surface area contributed by atoms with E-state index in [9.17, 15) is 4.79 Å². The number of hydrogen-bond acceptors (Lipinski definition) is 3. The molecule has 4 nitrogen and oxygen atoms in total. The molecule has 3 rings (SSSR count). The lowest BCUT2D eigenvalue weighted by molar-refractivity contribution is 0.478. The zero-order valence-corrected chi connectivity index (χ0v) is 9.46. The summed E-state index contributed by atoms with van der Waals surface area (Å²) >= 11 is 0. The zero-order chi connectivity index (χ0) is 12.4. The van der Waals surface area contributed by atoms with E-state index in [0.29, 0.717) is 11.5 Å². The van der Waals surface area contributed by atoms with Crippen LogP contribution in [0.5, 0.6) is 11.5 Å².